The largest absolute Gasteiger partial charge is 0.481 e. The van der Waals surface area contributed by atoms with Gasteiger partial charge in [-0.25, -0.2) is 5.10 Å². The number of hydrogen-bond donors (Lipinski definition) is 3. The molecule has 1 amide bonds. The number of carbonyl (C=O) groups excluding carboxylic acids is 1. The van der Waals surface area contributed by atoms with Crippen molar-refractivity contribution >= 4 is 11.9 Å². The molecule has 0 spiro atoms. The summed E-state index contributed by atoms with van der Waals surface area (Å²) in [4.78, 5) is 34.6. The van der Waals surface area contributed by atoms with Crippen LogP contribution < -0.4 is 10.9 Å². The molecule has 2 rings (SSSR count). The zero-order valence-electron chi connectivity index (χ0n) is 10.7. The van der Waals surface area contributed by atoms with E-state index in [1.54, 1.807) is 13.8 Å². The fraction of sp³-hybridized carbons (Fsp3) is 0.500. The van der Waals surface area contributed by atoms with E-state index in [2.05, 4.69) is 15.5 Å². The SMILES string of the molecule is Cc1n[nH]c(=O)c(C(=O)NCC2(C(=O)O)CC2)c1C. The molecule has 1 aromatic rings. The summed E-state index contributed by atoms with van der Waals surface area (Å²) in [5.41, 5.74) is -0.363. The Balaban J connectivity index is 2.16. The number of aromatic amines is 1. The number of nitrogens with zero attached hydrogens (tertiary/aromatic N) is 1. The maximum atomic E-state index is 12.0. The van der Waals surface area contributed by atoms with Crippen molar-refractivity contribution in [2.24, 2.45) is 5.41 Å². The standard InChI is InChI=1S/C12H15N3O4/c1-6-7(2)14-15-10(17)8(6)9(16)13-5-12(3-4-12)11(18)19/h3-5H2,1-2H3,(H,13,16)(H,15,17)(H,18,19). The third kappa shape index (κ3) is 2.35. The molecule has 0 unspecified atom stereocenters. The van der Waals surface area contributed by atoms with E-state index in [-0.39, 0.29) is 12.1 Å². The highest BCUT2D eigenvalue weighted by Crippen LogP contribution is 2.45. The van der Waals surface area contributed by atoms with Crippen molar-refractivity contribution in [3.63, 3.8) is 0 Å². The number of aromatic nitrogens is 2. The topological polar surface area (TPSA) is 112 Å². The summed E-state index contributed by atoms with van der Waals surface area (Å²) in [6.07, 6.45) is 1.10. The van der Waals surface area contributed by atoms with Gasteiger partial charge in [0.15, 0.2) is 0 Å². The minimum Gasteiger partial charge on any atom is -0.481 e. The Kier molecular flexibility index (Phi) is 3.13. The molecule has 0 bridgehead atoms. The van der Waals surface area contributed by atoms with Crippen LogP contribution in [0.3, 0.4) is 0 Å². The summed E-state index contributed by atoms with van der Waals surface area (Å²) in [6, 6.07) is 0. The van der Waals surface area contributed by atoms with Crippen LogP contribution in [-0.4, -0.2) is 33.7 Å². The monoisotopic (exact) mass is 265 g/mol. The highest BCUT2D eigenvalue weighted by atomic mass is 16.4. The lowest BCUT2D eigenvalue weighted by Crippen LogP contribution is -2.37. The van der Waals surface area contributed by atoms with E-state index < -0.39 is 22.9 Å². The molecule has 0 radical (unpaired) electrons. The number of amides is 1. The van der Waals surface area contributed by atoms with Crippen LogP contribution in [-0.2, 0) is 4.79 Å². The van der Waals surface area contributed by atoms with Crippen LogP contribution in [0, 0.1) is 19.3 Å². The molecular formula is C12H15N3O4. The highest BCUT2D eigenvalue weighted by molar-refractivity contribution is 5.95. The van der Waals surface area contributed by atoms with Crippen LogP contribution >= 0.6 is 0 Å². The number of nitrogens with one attached hydrogen (secondary N) is 2. The molecule has 0 aliphatic heterocycles. The molecule has 1 aromatic heterocycles. The minimum absolute atomic E-state index is 0.00584. The zero-order valence-corrected chi connectivity index (χ0v) is 10.7. The summed E-state index contributed by atoms with van der Waals surface area (Å²) in [5, 5.41) is 17.5. The van der Waals surface area contributed by atoms with Gasteiger partial charge in [0.05, 0.1) is 11.1 Å². The molecule has 1 heterocycles. The Morgan fingerprint density at radius 3 is 2.58 bits per heavy atom. The molecule has 1 aliphatic carbocycles. The maximum absolute atomic E-state index is 12.0. The molecule has 102 valence electrons. The van der Waals surface area contributed by atoms with Gasteiger partial charge in [0.25, 0.3) is 11.5 Å². The first-order chi connectivity index (χ1) is 8.87. The Bertz CT molecular complexity index is 601. The van der Waals surface area contributed by atoms with Crippen LogP contribution in [0.15, 0.2) is 4.79 Å². The zero-order chi connectivity index (χ0) is 14.2. The summed E-state index contributed by atoms with van der Waals surface area (Å²) >= 11 is 0. The van der Waals surface area contributed by atoms with Gasteiger partial charge in [-0.3, -0.25) is 14.4 Å². The van der Waals surface area contributed by atoms with Crippen molar-refractivity contribution in [2.75, 3.05) is 6.54 Å². The van der Waals surface area contributed by atoms with Crippen molar-refractivity contribution in [3.8, 4) is 0 Å². The molecule has 0 saturated heterocycles. The number of H-pyrrole nitrogens is 1. The predicted octanol–water partition coefficient (Wildman–Crippen LogP) is -0.0187. The number of aryl methyl sites for hydroxylation is 1. The molecule has 0 aromatic carbocycles. The van der Waals surface area contributed by atoms with Gasteiger partial charge >= 0.3 is 5.97 Å². The van der Waals surface area contributed by atoms with Crippen molar-refractivity contribution in [2.45, 2.75) is 26.7 Å². The van der Waals surface area contributed by atoms with Gasteiger partial charge in [0, 0.05) is 6.54 Å². The third-order valence-electron chi connectivity index (χ3n) is 3.59. The van der Waals surface area contributed by atoms with Crippen LogP contribution in [0.4, 0.5) is 0 Å². The summed E-state index contributed by atoms with van der Waals surface area (Å²) in [6.45, 7) is 3.36. The van der Waals surface area contributed by atoms with Crippen LogP contribution in [0.5, 0.6) is 0 Å². The van der Waals surface area contributed by atoms with Crippen LogP contribution in [0.2, 0.25) is 0 Å². The lowest BCUT2D eigenvalue weighted by Gasteiger charge is -2.12. The number of hydrogen-bond acceptors (Lipinski definition) is 4. The first-order valence-electron chi connectivity index (χ1n) is 5.95. The smallest absolute Gasteiger partial charge is 0.311 e. The first kappa shape index (κ1) is 13.3. The average molecular weight is 265 g/mol. The second kappa shape index (κ2) is 4.49. The molecule has 3 N–H and O–H groups in total. The fourth-order valence-electron chi connectivity index (χ4n) is 1.85. The number of aliphatic carboxylic acids is 1. The van der Waals surface area contributed by atoms with E-state index >= 15 is 0 Å². The van der Waals surface area contributed by atoms with Gasteiger partial charge < -0.3 is 10.4 Å². The van der Waals surface area contributed by atoms with Gasteiger partial charge in [-0.05, 0) is 32.3 Å². The van der Waals surface area contributed by atoms with E-state index in [0.29, 0.717) is 24.1 Å². The first-order valence-corrected chi connectivity index (χ1v) is 5.95. The van der Waals surface area contributed by atoms with Crippen molar-refractivity contribution in [3.05, 3.63) is 27.2 Å². The summed E-state index contributed by atoms with van der Waals surface area (Å²) in [7, 11) is 0. The number of rotatable bonds is 4. The molecular weight excluding hydrogens is 250 g/mol. The van der Waals surface area contributed by atoms with E-state index in [1.165, 1.54) is 0 Å². The molecule has 0 atom stereocenters. The second-order valence-electron chi connectivity index (χ2n) is 4.91. The Morgan fingerprint density at radius 1 is 1.42 bits per heavy atom. The molecule has 19 heavy (non-hydrogen) atoms. The van der Waals surface area contributed by atoms with E-state index in [9.17, 15) is 14.4 Å². The average Bonchev–Trinajstić information content (AvgIpc) is 3.13. The Hall–Kier alpha value is -2.18. The van der Waals surface area contributed by atoms with Crippen molar-refractivity contribution < 1.29 is 14.7 Å². The lowest BCUT2D eigenvalue weighted by atomic mass is 10.1. The lowest BCUT2D eigenvalue weighted by molar-refractivity contribution is -0.143. The minimum atomic E-state index is -0.913. The molecule has 7 heteroatoms. The van der Waals surface area contributed by atoms with Gasteiger partial charge in [0.2, 0.25) is 0 Å². The molecule has 1 saturated carbocycles. The molecule has 7 nitrogen and oxygen atoms in total. The number of carboxylic acid groups (broad SMARTS) is 1. The highest BCUT2D eigenvalue weighted by Gasteiger charge is 2.50. The van der Waals surface area contributed by atoms with Gasteiger partial charge in [-0.15, -0.1) is 0 Å². The molecule has 1 aliphatic rings. The van der Waals surface area contributed by atoms with E-state index in [4.69, 9.17) is 5.11 Å². The second-order valence-corrected chi connectivity index (χ2v) is 4.91. The summed E-state index contributed by atoms with van der Waals surface area (Å²) < 4.78 is 0. The van der Waals surface area contributed by atoms with Crippen LogP contribution in [0.1, 0.15) is 34.5 Å². The predicted molar refractivity (Wildman–Crippen MR) is 66.0 cm³/mol. The van der Waals surface area contributed by atoms with Gasteiger partial charge in [0.1, 0.15) is 5.56 Å². The van der Waals surface area contributed by atoms with Crippen LogP contribution in [0.25, 0.3) is 0 Å². The Morgan fingerprint density at radius 2 is 2.05 bits per heavy atom. The number of carboxylic acids is 1. The van der Waals surface area contributed by atoms with Crippen molar-refractivity contribution in [1.82, 2.24) is 15.5 Å². The fourth-order valence-corrected chi connectivity index (χ4v) is 1.85. The normalized spacial score (nSPS) is 15.9. The summed E-state index contributed by atoms with van der Waals surface area (Å²) in [5.74, 6) is -1.47. The third-order valence-corrected chi connectivity index (χ3v) is 3.59. The van der Waals surface area contributed by atoms with Crippen molar-refractivity contribution in [1.29, 1.82) is 0 Å². The van der Waals surface area contributed by atoms with E-state index in [1.807, 2.05) is 0 Å². The molecule has 1 fully saturated rings. The van der Waals surface area contributed by atoms with Gasteiger partial charge in [-0.2, -0.15) is 5.10 Å². The maximum Gasteiger partial charge on any atom is 0.311 e. The van der Waals surface area contributed by atoms with Gasteiger partial charge in [-0.1, -0.05) is 0 Å². The Labute approximate surface area is 109 Å². The number of carbonyl (C=O) groups is 2. The quantitative estimate of drug-likeness (QED) is 0.708. The van der Waals surface area contributed by atoms with E-state index in [0.717, 1.165) is 0 Å².